The Hall–Kier alpha value is -0.920. The summed E-state index contributed by atoms with van der Waals surface area (Å²) in [6, 6.07) is 4.91. The average molecular weight is 405 g/mol. The van der Waals surface area contributed by atoms with Gasteiger partial charge in [0.15, 0.2) is 0 Å². The smallest absolute Gasteiger partial charge is 0.254 e. The Bertz CT molecular complexity index is 516. The van der Waals surface area contributed by atoms with Crippen LogP contribution in [0.3, 0.4) is 0 Å². The highest BCUT2D eigenvalue weighted by molar-refractivity contribution is 9.11. The lowest BCUT2D eigenvalue weighted by Gasteiger charge is -2.35. The molecule has 7 heteroatoms. The van der Waals surface area contributed by atoms with E-state index in [4.69, 9.17) is 0 Å². The van der Waals surface area contributed by atoms with Crippen LogP contribution in [0.15, 0.2) is 27.1 Å². The van der Waals surface area contributed by atoms with Crippen molar-refractivity contribution in [3.63, 3.8) is 0 Å². The first-order chi connectivity index (χ1) is 9.52. The zero-order valence-corrected chi connectivity index (χ0v) is 14.1. The van der Waals surface area contributed by atoms with Crippen molar-refractivity contribution in [2.24, 2.45) is 0 Å². The standard InChI is InChI=1S/C13H15Br2N3O2/c1-16-12(19)11-7-17-2-3-18(11)13(20)8-4-9(14)6-10(15)5-8/h4-6,11,17H,2-3,7H2,1H3,(H,16,19). The maximum atomic E-state index is 12.6. The number of carbonyl (C=O) groups is 2. The van der Waals surface area contributed by atoms with E-state index < -0.39 is 6.04 Å². The molecule has 1 aromatic carbocycles. The molecule has 0 aromatic heterocycles. The molecule has 20 heavy (non-hydrogen) atoms. The minimum absolute atomic E-state index is 0.137. The number of hydrogen-bond donors (Lipinski definition) is 2. The molecule has 1 atom stereocenters. The summed E-state index contributed by atoms with van der Waals surface area (Å²) in [5.74, 6) is -0.290. The third-order valence-electron chi connectivity index (χ3n) is 3.16. The van der Waals surface area contributed by atoms with Gasteiger partial charge in [0.2, 0.25) is 5.91 Å². The van der Waals surface area contributed by atoms with E-state index in [0.29, 0.717) is 25.2 Å². The second kappa shape index (κ2) is 6.69. The van der Waals surface area contributed by atoms with Gasteiger partial charge in [-0.05, 0) is 18.2 Å². The summed E-state index contributed by atoms with van der Waals surface area (Å²) in [6.45, 7) is 1.68. The first-order valence-electron chi connectivity index (χ1n) is 6.22. The second-order valence-electron chi connectivity index (χ2n) is 4.49. The number of benzene rings is 1. The third kappa shape index (κ3) is 3.39. The lowest BCUT2D eigenvalue weighted by molar-refractivity contribution is -0.125. The van der Waals surface area contributed by atoms with Gasteiger partial charge in [-0.25, -0.2) is 0 Å². The molecule has 2 amide bonds. The number of halogens is 2. The Morgan fingerprint density at radius 1 is 1.30 bits per heavy atom. The van der Waals surface area contributed by atoms with Gasteiger partial charge in [0.25, 0.3) is 5.91 Å². The third-order valence-corrected chi connectivity index (χ3v) is 4.08. The highest BCUT2D eigenvalue weighted by Crippen LogP contribution is 2.22. The van der Waals surface area contributed by atoms with Crippen LogP contribution in [-0.2, 0) is 4.79 Å². The van der Waals surface area contributed by atoms with Crippen LogP contribution in [0.5, 0.6) is 0 Å². The lowest BCUT2D eigenvalue weighted by atomic mass is 10.1. The molecular weight excluding hydrogens is 390 g/mol. The zero-order valence-electron chi connectivity index (χ0n) is 11.0. The quantitative estimate of drug-likeness (QED) is 0.782. The van der Waals surface area contributed by atoms with Crippen LogP contribution in [0.25, 0.3) is 0 Å². The topological polar surface area (TPSA) is 61.4 Å². The van der Waals surface area contributed by atoms with E-state index in [1.165, 1.54) is 0 Å². The average Bonchev–Trinajstić information content (AvgIpc) is 2.44. The van der Waals surface area contributed by atoms with E-state index in [0.717, 1.165) is 8.95 Å². The summed E-state index contributed by atoms with van der Waals surface area (Å²) in [5.41, 5.74) is 0.557. The summed E-state index contributed by atoms with van der Waals surface area (Å²) < 4.78 is 1.64. The maximum absolute atomic E-state index is 12.6. The van der Waals surface area contributed by atoms with Crippen molar-refractivity contribution in [1.29, 1.82) is 0 Å². The van der Waals surface area contributed by atoms with Gasteiger partial charge >= 0.3 is 0 Å². The molecule has 2 rings (SSSR count). The van der Waals surface area contributed by atoms with E-state index in [1.807, 2.05) is 6.07 Å². The normalized spacial score (nSPS) is 18.8. The van der Waals surface area contributed by atoms with Crippen LogP contribution < -0.4 is 10.6 Å². The minimum Gasteiger partial charge on any atom is -0.357 e. The first-order valence-corrected chi connectivity index (χ1v) is 7.81. The first kappa shape index (κ1) is 15.5. The largest absolute Gasteiger partial charge is 0.357 e. The summed E-state index contributed by atoms with van der Waals surface area (Å²) in [5, 5.41) is 5.74. The minimum atomic E-state index is -0.473. The van der Waals surface area contributed by atoms with Gasteiger partial charge in [-0.15, -0.1) is 0 Å². The van der Waals surface area contributed by atoms with Gasteiger partial charge in [-0.2, -0.15) is 0 Å². The molecule has 0 radical (unpaired) electrons. The number of carbonyl (C=O) groups excluding carboxylic acids is 2. The number of nitrogens with zero attached hydrogens (tertiary/aromatic N) is 1. The van der Waals surface area contributed by atoms with Crippen molar-refractivity contribution >= 4 is 43.7 Å². The number of hydrogen-bond acceptors (Lipinski definition) is 3. The number of likely N-dealkylation sites (N-methyl/N-ethyl adjacent to an activating group) is 1. The molecule has 1 aromatic rings. The molecule has 0 saturated carbocycles. The van der Waals surface area contributed by atoms with Crippen molar-refractivity contribution in [2.45, 2.75) is 6.04 Å². The van der Waals surface area contributed by atoms with Gasteiger partial charge in [0, 0.05) is 41.2 Å². The molecule has 0 spiro atoms. The molecule has 5 nitrogen and oxygen atoms in total. The SMILES string of the molecule is CNC(=O)C1CNCCN1C(=O)c1cc(Br)cc(Br)c1. The second-order valence-corrected chi connectivity index (χ2v) is 6.32. The fourth-order valence-corrected chi connectivity index (χ4v) is 3.49. The molecule has 0 aliphatic carbocycles. The van der Waals surface area contributed by atoms with E-state index in [9.17, 15) is 9.59 Å². The summed E-state index contributed by atoms with van der Waals surface area (Å²) >= 11 is 6.74. The zero-order chi connectivity index (χ0) is 14.7. The van der Waals surface area contributed by atoms with Crippen molar-refractivity contribution in [1.82, 2.24) is 15.5 Å². The number of rotatable bonds is 2. The molecule has 108 valence electrons. The predicted molar refractivity (Wildman–Crippen MR) is 83.6 cm³/mol. The van der Waals surface area contributed by atoms with E-state index in [2.05, 4.69) is 42.5 Å². The molecular formula is C13H15Br2N3O2. The van der Waals surface area contributed by atoms with E-state index in [1.54, 1.807) is 24.1 Å². The Labute approximate surface area is 134 Å². The van der Waals surface area contributed by atoms with Gasteiger partial charge in [-0.3, -0.25) is 9.59 Å². The van der Waals surface area contributed by atoms with Crippen LogP contribution in [0.1, 0.15) is 10.4 Å². The van der Waals surface area contributed by atoms with Crippen molar-refractivity contribution in [2.75, 3.05) is 26.7 Å². The fraction of sp³-hybridized carbons (Fsp3) is 0.385. The van der Waals surface area contributed by atoms with Crippen LogP contribution in [0.4, 0.5) is 0 Å². The Morgan fingerprint density at radius 2 is 1.95 bits per heavy atom. The molecule has 1 saturated heterocycles. The molecule has 1 heterocycles. The highest BCUT2D eigenvalue weighted by atomic mass is 79.9. The van der Waals surface area contributed by atoms with Gasteiger partial charge in [-0.1, -0.05) is 31.9 Å². The van der Waals surface area contributed by atoms with Crippen molar-refractivity contribution < 1.29 is 9.59 Å². The molecule has 1 unspecified atom stereocenters. The van der Waals surface area contributed by atoms with Crippen LogP contribution in [0, 0.1) is 0 Å². The Kier molecular flexibility index (Phi) is 5.17. The fourth-order valence-electron chi connectivity index (χ4n) is 2.19. The number of amides is 2. The van der Waals surface area contributed by atoms with Crippen LogP contribution >= 0.6 is 31.9 Å². The molecule has 1 aliphatic heterocycles. The summed E-state index contributed by atoms with van der Waals surface area (Å²) in [6.07, 6.45) is 0. The van der Waals surface area contributed by atoms with Gasteiger partial charge < -0.3 is 15.5 Å². The molecule has 2 N–H and O–H groups in total. The van der Waals surface area contributed by atoms with E-state index in [-0.39, 0.29) is 11.8 Å². The van der Waals surface area contributed by atoms with Gasteiger partial charge in [0.1, 0.15) is 6.04 Å². The highest BCUT2D eigenvalue weighted by Gasteiger charge is 2.32. The Morgan fingerprint density at radius 3 is 2.55 bits per heavy atom. The van der Waals surface area contributed by atoms with Crippen molar-refractivity contribution in [3.8, 4) is 0 Å². The van der Waals surface area contributed by atoms with Crippen LogP contribution in [0.2, 0.25) is 0 Å². The molecule has 0 bridgehead atoms. The number of nitrogens with one attached hydrogen (secondary N) is 2. The number of piperazine rings is 1. The summed E-state index contributed by atoms with van der Waals surface area (Å²) in [4.78, 5) is 26.1. The van der Waals surface area contributed by atoms with Crippen molar-refractivity contribution in [3.05, 3.63) is 32.7 Å². The maximum Gasteiger partial charge on any atom is 0.254 e. The van der Waals surface area contributed by atoms with Gasteiger partial charge in [0.05, 0.1) is 0 Å². The Balaban J connectivity index is 2.27. The lowest BCUT2D eigenvalue weighted by Crippen LogP contribution is -2.59. The summed E-state index contributed by atoms with van der Waals surface area (Å²) in [7, 11) is 1.58. The molecule has 1 aliphatic rings. The monoisotopic (exact) mass is 403 g/mol. The predicted octanol–water partition coefficient (Wildman–Crippen LogP) is 1.37. The van der Waals surface area contributed by atoms with Crippen LogP contribution in [-0.4, -0.2) is 49.4 Å². The van der Waals surface area contributed by atoms with E-state index >= 15 is 0 Å². The molecule has 1 fully saturated rings.